The summed E-state index contributed by atoms with van der Waals surface area (Å²) in [5, 5.41) is 4.48. The summed E-state index contributed by atoms with van der Waals surface area (Å²) in [6.07, 6.45) is 2.76. The van der Waals surface area contributed by atoms with Crippen molar-refractivity contribution >= 4 is 11.8 Å². The first-order chi connectivity index (χ1) is 11.0. The monoisotopic (exact) mass is 319 g/mol. The zero-order valence-electron chi connectivity index (χ0n) is 13.7. The van der Waals surface area contributed by atoms with E-state index in [-0.39, 0.29) is 24.3 Å². The highest BCUT2D eigenvalue weighted by Gasteiger charge is 2.31. The van der Waals surface area contributed by atoms with Crippen LogP contribution in [0.4, 0.5) is 0 Å². The van der Waals surface area contributed by atoms with Crippen LogP contribution in [-0.2, 0) is 22.7 Å². The Kier molecular flexibility index (Phi) is 4.66. The Morgan fingerprint density at radius 1 is 1.30 bits per heavy atom. The number of nitrogens with zero attached hydrogens (tertiary/aromatic N) is 4. The van der Waals surface area contributed by atoms with Gasteiger partial charge in [-0.25, -0.2) is 0 Å². The molecule has 0 bridgehead atoms. The Labute approximate surface area is 136 Å². The number of primary amides is 1. The molecule has 0 aromatic carbocycles. The van der Waals surface area contributed by atoms with Gasteiger partial charge in [-0.1, -0.05) is 0 Å². The minimum atomic E-state index is -0.327. The van der Waals surface area contributed by atoms with Crippen LogP contribution in [0.3, 0.4) is 0 Å². The van der Waals surface area contributed by atoms with Crippen LogP contribution in [0.1, 0.15) is 30.7 Å². The lowest BCUT2D eigenvalue weighted by molar-refractivity contribution is -0.138. The van der Waals surface area contributed by atoms with Gasteiger partial charge in [0.2, 0.25) is 11.8 Å². The molecule has 1 atom stereocenters. The topological polar surface area (TPSA) is 84.5 Å². The van der Waals surface area contributed by atoms with Gasteiger partial charge in [0.1, 0.15) is 0 Å². The first-order valence-corrected chi connectivity index (χ1v) is 8.35. The summed E-state index contributed by atoms with van der Waals surface area (Å²) in [5.74, 6) is -0.155. The fourth-order valence-electron chi connectivity index (χ4n) is 3.67. The van der Waals surface area contributed by atoms with E-state index in [2.05, 4.69) is 11.2 Å². The highest BCUT2D eigenvalue weighted by molar-refractivity contribution is 5.79. The van der Waals surface area contributed by atoms with E-state index >= 15 is 0 Å². The van der Waals surface area contributed by atoms with Crippen LogP contribution in [0.15, 0.2) is 6.07 Å². The van der Waals surface area contributed by atoms with Gasteiger partial charge in [-0.05, 0) is 38.8 Å². The molecule has 1 fully saturated rings. The van der Waals surface area contributed by atoms with Crippen molar-refractivity contribution in [1.82, 2.24) is 19.6 Å². The molecule has 3 rings (SSSR count). The summed E-state index contributed by atoms with van der Waals surface area (Å²) in [6, 6.07) is 2.06. The van der Waals surface area contributed by atoms with Gasteiger partial charge < -0.3 is 10.6 Å². The van der Waals surface area contributed by atoms with Gasteiger partial charge in [0.15, 0.2) is 0 Å². The standard InChI is InChI=1S/C16H25N5O2/c1-12-8-14-10-20(6-3-7-21(14)18-12)16(23)13-4-2-5-19(9-13)11-15(17)22/h8,13H,2-7,9-11H2,1H3,(H2,17,22). The van der Waals surface area contributed by atoms with Gasteiger partial charge in [-0.3, -0.25) is 19.2 Å². The second kappa shape index (κ2) is 6.70. The molecule has 23 heavy (non-hydrogen) atoms. The molecule has 3 heterocycles. The molecule has 1 aromatic rings. The fraction of sp³-hybridized carbons (Fsp3) is 0.688. The van der Waals surface area contributed by atoms with Crippen molar-refractivity contribution in [3.8, 4) is 0 Å². The summed E-state index contributed by atoms with van der Waals surface area (Å²) < 4.78 is 2.02. The molecule has 1 aromatic heterocycles. The number of aryl methyl sites for hydroxylation is 2. The number of hydrogen-bond donors (Lipinski definition) is 1. The van der Waals surface area contributed by atoms with Gasteiger partial charge in [0.05, 0.1) is 30.4 Å². The number of fused-ring (bicyclic) bond motifs is 1. The van der Waals surface area contributed by atoms with E-state index in [1.807, 2.05) is 21.4 Å². The van der Waals surface area contributed by atoms with E-state index in [4.69, 9.17) is 5.73 Å². The number of piperidine rings is 1. The van der Waals surface area contributed by atoms with E-state index in [1.165, 1.54) is 0 Å². The third kappa shape index (κ3) is 3.72. The molecular formula is C16H25N5O2. The minimum Gasteiger partial charge on any atom is -0.369 e. The largest absolute Gasteiger partial charge is 0.369 e. The van der Waals surface area contributed by atoms with Crippen molar-refractivity contribution in [2.24, 2.45) is 11.7 Å². The SMILES string of the molecule is Cc1cc2n(n1)CCCN(C(=O)C1CCCN(CC(N)=O)C1)C2. The lowest BCUT2D eigenvalue weighted by Gasteiger charge is -2.34. The Morgan fingerprint density at radius 3 is 2.91 bits per heavy atom. The maximum Gasteiger partial charge on any atom is 0.231 e. The van der Waals surface area contributed by atoms with Crippen molar-refractivity contribution < 1.29 is 9.59 Å². The van der Waals surface area contributed by atoms with E-state index in [9.17, 15) is 9.59 Å². The average Bonchev–Trinajstić information content (AvgIpc) is 2.73. The fourth-order valence-corrected chi connectivity index (χ4v) is 3.67. The first-order valence-electron chi connectivity index (χ1n) is 8.35. The molecule has 2 aliphatic heterocycles. The van der Waals surface area contributed by atoms with Crippen LogP contribution < -0.4 is 5.73 Å². The molecule has 2 amide bonds. The molecular weight excluding hydrogens is 294 g/mol. The quantitative estimate of drug-likeness (QED) is 0.858. The number of nitrogens with two attached hydrogens (primary N) is 1. The predicted octanol–water partition coefficient (Wildman–Crippen LogP) is 0.121. The number of amides is 2. The molecule has 0 aliphatic carbocycles. The van der Waals surface area contributed by atoms with Crippen LogP contribution in [-0.4, -0.2) is 57.6 Å². The summed E-state index contributed by atoms with van der Waals surface area (Å²) >= 11 is 0. The van der Waals surface area contributed by atoms with Gasteiger partial charge in [-0.2, -0.15) is 5.10 Å². The highest BCUT2D eigenvalue weighted by atomic mass is 16.2. The van der Waals surface area contributed by atoms with Crippen LogP contribution in [0.5, 0.6) is 0 Å². The Hall–Kier alpha value is -1.89. The zero-order chi connectivity index (χ0) is 16.4. The van der Waals surface area contributed by atoms with Crippen LogP contribution >= 0.6 is 0 Å². The van der Waals surface area contributed by atoms with E-state index < -0.39 is 0 Å². The van der Waals surface area contributed by atoms with Crippen LogP contribution in [0.25, 0.3) is 0 Å². The summed E-state index contributed by atoms with van der Waals surface area (Å²) in [4.78, 5) is 28.0. The number of hydrogen-bond acceptors (Lipinski definition) is 4. The van der Waals surface area contributed by atoms with E-state index in [1.54, 1.807) is 0 Å². The number of carbonyl (C=O) groups excluding carboxylic acids is 2. The summed E-state index contributed by atoms with van der Waals surface area (Å²) in [7, 11) is 0. The highest BCUT2D eigenvalue weighted by Crippen LogP contribution is 2.21. The zero-order valence-corrected chi connectivity index (χ0v) is 13.7. The maximum atomic E-state index is 12.9. The normalized spacial score (nSPS) is 22.5. The lowest BCUT2D eigenvalue weighted by Crippen LogP contribution is -2.46. The van der Waals surface area contributed by atoms with Crippen molar-refractivity contribution in [3.63, 3.8) is 0 Å². The van der Waals surface area contributed by atoms with Crippen molar-refractivity contribution in [1.29, 1.82) is 0 Å². The molecule has 0 radical (unpaired) electrons. The molecule has 126 valence electrons. The summed E-state index contributed by atoms with van der Waals surface area (Å²) in [6.45, 7) is 5.98. The van der Waals surface area contributed by atoms with E-state index in [0.717, 1.165) is 50.3 Å². The maximum absolute atomic E-state index is 12.9. The Balaban J connectivity index is 1.66. The third-order valence-corrected chi connectivity index (χ3v) is 4.68. The van der Waals surface area contributed by atoms with E-state index in [0.29, 0.717) is 13.1 Å². The number of rotatable bonds is 3. The van der Waals surface area contributed by atoms with Gasteiger partial charge in [-0.15, -0.1) is 0 Å². The molecule has 1 saturated heterocycles. The van der Waals surface area contributed by atoms with Crippen LogP contribution in [0.2, 0.25) is 0 Å². The Morgan fingerprint density at radius 2 is 2.13 bits per heavy atom. The molecule has 0 spiro atoms. The summed E-state index contributed by atoms with van der Waals surface area (Å²) in [5.41, 5.74) is 7.39. The number of likely N-dealkylation sites (tertiary alicyclic amines) is 1. The van der Waals surface area contributed by atoms with Gasteiger partial charge in [0, 0.05) is 19.6 Å². The molecule has 7 heteroatoms. The molecule has 0 saturated carbocycles. The molecule has 7 nitrogen and oxygen atoms in total. The first kappa shape index (κ1) is 16.0. The van der Waals surface area contributed by atoms with Crippen LogP contribution in [0, 0.1) is 12.8 Å². The Bertz CT molecular complexity index is 597. The van der Waals surface area contributed by atoms with Crippen molar-refractivity contribution in [2.45, 2.75) is 39.3 Å². The number of carbonyl (C=O) groups is 2. The lowest BCUT2D eigenvalue weighted by atomic mass is 9.96. The smallest absolute Gasteiger partial charge is 0.231 e. The molecule has 2 aliphatic rings. The second-order valence-electron chi connectivity index (χ2n) is 6.65. The van der Waals surface area contributed by atoms with Gasteiger partial charge in [0.25, 0.3) is 0 Å². The number of aromatic nitrogens is 2. The molecule has 1 unspecified atom stereocenters. The second-order valence-corrected chi connectivity index (χ2v) is 6.65. The average molecular weight is 319 g/mol. The molecule has 2 N–H and O–H groups in total. The minimum absolute atomic E-state index is 0.0290. The third-order valence-electron chi connectivity index (χ3n) is 4.68. The predicted molar refractivity (Wildman–Crippen MR) is 85.4 cm³/mol. The van der Waals surface area contributed by atoms with Crippen molar-refractivity contribution in [2.75, 3.05) is 26.2 Å². The van der Waals surface area contributed by atoms with Gasteiger partial charge >= 0.3 is 0 Å². The van der Waals surface area contributed by atoms with Crippen molar-refractivity contribution in [3.05, 3.63) is 17.5 Å².